The van der Waals surface area contributed by atoms with Crippen LogP contribution in [0.25, 0.3) is 0 Å². The molecular weight excluding hydrogens is 376 g/mol. The van der Waals surface area contributed by atoms with Crippen LogP contribution in [0.15, 0.2) is 18.2 Å². The maximum Gasteiger partial charge on any atom is 0.335 e. The predicted molar refractivity (Wildman–Crippen MR) is 96.8 cm³/mol. The first kappa shape index (κ1) is 20.4. The molecule has 27 heavy (non-hydrogen) atoms. The third kappa shape index (κ3) is 5.07. The minimum absolute atomic E-state index is 0.00322. The third-order valence-electron chi connectivity index (χ3n) is 4.00. The van der Waals surface area contributed by atoms with Gasteiger partial charge in [-0.1, -0.05) is 11.8 Å². The first-order valence-electron chi connectivity index (χ1n) is 7.95. The Balaban J connectivity index is 2.24. The Morgan fingerprint density at radius 1 is 1.04 bits per heavy atom. The van der Waals surface area contributed by atoms with Gasteiger partial charge in [-0.05, 0) is 24.6 Å². The molecule has 2 amide bonds. The van der Waals surface area contributed by atoms with Gasteiger partial charge in [0, 0.05) is 31.3 Å². The number of carboxylic acid groups (broad SMARTS) is 2. The molecule has 0 saturated carbocycles. The highest BCUT2D eigenvalue weighted by Gasteiger charge is 2.39. The lowest BCUT2D eigenvalue weighted by molar-refractivity contribution is -0.134. The van der Waals surface area contributed by atoms with E-state index in [1.165, 1.54) is 18.7 Å². The van der Waals surface area contributed by atoms with Crippen molar-refractivity contribution in [2.45, 2.75) is 31.6 Å². The Bertz CT molecular complexity index is 791. The number of thioether (sulfide) groups is 1. The summed E-state index contributed by atoms with van der Waals surface area (Å²) in [7, 11) is 0. The van der Waals surface area contributed by atoms with Crippen LogP contribution in [0.2, 0.25) is 0 Å². The molecule has 0 radical (unpaired) electrons. The van der Waals surface area contributed by atoms with Crippen LogP contribution in [0.3, 0.4) is 0 Å². The Hall–Kier alpha value is -2.88. The first-order valence-corrected chi connectivity index (χ1v) is 8.83. The number of aromatic carboxylic acids is 2. The fraction of sp³-hybridized carbons (Fsp3) is 0.353. The van der Waals surface area contributed by atoms with Crippen LogP contribution in [0.1, 0.15) is 41.0 Å². The Kier molecular flexibility index (Phi) is 6.21. The van der Waals surface area contributed by atoms with Crippen molar-refractivity contribution in [3.63, 3.8) is 0 Å². The number of carboxylic acids is 2. The number of anilines is 1. The van der Waals surface area contributed by atoms with Crippen molar-refractivity contribution in [2.24, 2.45) is 0 Å². The molecule has 1 aromatic rings. The SMILES string of the molecule is CC(=O)S[C@H]1C[C@@H](C(=O)Nc2cc(C(=O)O)cc(C(=O)O)c2)N(C(C)=O)C1. The molecule has 0 bridgehead atoms. The molecular formula is C17H18N2O7S. The molecule has 2 rings (SSSR count). The second kappa shape index (κ2) is 8.21. The van der Waals surface area contributed by atoms with Crippen LogP contribution in [0, 0.1) is 0 Å². The van der Waals surface area contributed by atoms with Gasteiger partial charge in [-0.25, -0.2) is 9.59 Å². The number of benzene rings is 1. The van der Waals surface area contributed by atoms with Crippen LogP contribution in [-0.4, -0.2) is 61.8 Å². The quantitative estimate of drug-likeness (QED) is 0.678. The molecule has 3 N–H and O–H groups in total. The van der Waals surface area contributed by atoms with E-state index in [0.29, 0.717) is 0 Å². The van der Waals surface area contributed by atoms with Crippen LogP contribution >= 0.6 is 11.8 Å². The largest absolute Gasteiger partial charge is 0.478 e. The second-order valence-electron chi connectivity index (χ2n) is 6.05. The molecule has 10 heteroatoms. The number of carbonyl (C=O) groups excluding carboxylic acids is 3. The van der Waals surface area contributed by atoms with Crippen molar-refractivity contribution in [2.75, 3.05) is 11.9 Å². The smallest absolute Gasteiger partial charge is 0.335 e. The molecule has 2 atom stereocenters. The van der Waals surface area contributed by atoms with Crippen molar-refractivity contribution in [3.05, 3.63) is 29.3 Å². The zero-order valence-electron chi connectivity index (χ0n) is 14.6. The lowest BCUT2D eigenvalue weighted by Crippen LogP contribution is -2.42. The standard InChI is InChI=1S/C17H18N2O7S/c1-8(20)19-7-13(27-9(2)21)6-14(19)15(22)18-12-4-10(16(23)24)3-11(5-12)17(25)26/h3-5,13-14H,6-7H2,1-2H3,(H,18,22)(H,23,24)(H,25,26)/t13-,14-/m0/s1. The first-order chi connectivity index (χ1) is 12.6. The number of rotatable bonds is 5. The molecule has 0 spiro atoms. The summed E-state index contributed by atoms with van der Waals surface area (Å²) >= 11 is 1.06. The van der Waals surface area contributed by atoms with E-state index in [4.69, 9.17) is 10.2 Å². The normalized spacial score (nSPS) is 18.8. The molecule has 0 aromatic heterocycles. The van der Waals surface area contributed by atoms with Gasteiger partial charge in [0.2, 0.25) is 11.8 Å². The topological polar surface area (TPSA) is 141 Å². The maximum atomic E-state index is 12.6. The van der Waals surface area contributed by atoms with Crippen LogP contribution in [0.4, 0.5) is 5.69 Å². The highest BCUT2D eigenvalue weighted by Crippen LogP contribution is 2.29. The molecule has 1 heterocycles. The average Bonchev–Trinajstić information content (AvgIpc) is 2.97. The molecule has 1 aliphatic rings. The minimum Gasteiger partial charge on any atom is -0.478 e. The second-order valence-corrected chi connectivity index (χ2v) is 7.53. The van der Waals surface area contributed by atoms with Crippen LogP contribution in [0.5, 0.6) is 0 Å². The van der Waals surface area contributed by atoms with Gasteiger partial charge in [-0.2, -0.15) is 0 Å². The molecule has 1 aromatic carbocycles. The summed E-state index contributed by atoms with van der Waals surface area (Å²) in [5.74, 6) is -3.57. The predicted octanol–water partition coefficient (Wildman–Crippen LogP) is 1.29. The van der Waals surface area contributed by atoms with Gasteiger partial charge < -0.3 is 20.4 Å². The number of nitrogens with one attached hydrogen (secondary N) is 1. The molecule has 0 unspecified atom stereocenters. The van der Waals surface area contributed by atoms with Gasteiger partial charge in [0.15, 0.2) is 5.12 Å². The summed E-state index contributed by atoms with van der Waals surface area (Å²) in [5.41, 5.74) is -0.571. The summed E-state index contributed by atoms with van der Waals surface area (Å²) < 4.78 is 0. The van der Waals surface area contributed by atoms with E-state index in [1.54, 1.807) is 0 Å². The highest BCUT2D eigenvalue weighted by atomic mass is 32.2. The molecule has 1 aliphatic heterocycles. The molecule has 9 nitrogen and oxygen atoms in total. The minimum atomic E-state index is -1.34. The van der Waals surface area contributed by atoms with Crippen molar-refractivity contribution < 1.29 is 34.2 Å². The lowest BCUT2D eigenvalue weighted by atomic mass is 10.1. The van der Waals surface area contributed by atoms with Crippen LogP contribution < -0.4 is 5.32 Å². The highest BCUT2D eigenvalue weighted by molar-refractivity contribution is 8.14. The summed E-state index contributed by atoms with van der Waals surface area (Å²) in [6, 6.07) is 2.43. The molecule has 1 saturated heterocycles. The number of hydrogen-bond acceptors (Lipinski definition) is 6. The van der Waals surface area contributed by atoms with E-state index in [2.05, 4.69) is 5.32 Å². The van der Waals surface area contributed by atoms with Gasteiger partial charge in [-0.15, -0.1) is 0 Å². The fourth-order valence-electron chi connectivity index (χ4n) is 2.89. The molecule has 144 valence electrons. The summed E-state index contributed by atoms with van der Waals surface area (Å²) in [5, 5.41) is 20.3. The fourth-order valence-corrected chi connectivity index (χ4v) is 3.87. The van der Waals surface area contributed by atoms with Crippen LogP contribution in [-0.2, 0) is 14.4 Å². The molecule has 0 aliphatic carbocycles. The van der Waals surface area contributed by atoms with E-state index in [0.717, 1.165) is 30.0 Å². The van der Waals surface area contributed by atoms with E-state index >= 15 is 0 Å². The van der Waals surface area contributed by atoms with E-state index in [1.807, 2.05) is 0 Å². The zero-order chi connectivity index (χ0) is 20.3. The van der Waals surface area contributed by atoms with Crippen molar-refractivity contribution >= 4 is 46.3 Å². The van der Waals surface area contributed by atoms with E-state index < -0.39 is 23.9 Å². The number of amides is 2. The van der Waals surface area contributed by atoms with Gasteiger partial charge in [0.1, 0.15) is 6.04 Å². The average molecular weight is 394 g/mol. The molecule has 1 fully saturated rings. The lowest BCUT2D eigenvalue weighted by Gasteiger charge is -2.22. The number of hydrogen-bond donors (Lipinski definition) is 3. The van der Waals surface area contributed by atoms with Crippen molar-refractivity contribution in [3.8, 4) is 0 Å². The number of nitrogens with zero attached hydrogens (tertiary/aromatic N) is 1. The van der Waals surface area contributed by atoms with Crippen molar-refractivity contribution in [1.29, 1.82) is 0 Å². The summed E-state index contributed by atoms with van der Waals surface area (Å²) in [6.45, 7) is 2.96. The van der Waals surface area contributed by atoms with Gasteiger partial charge in [0.25, 0.3) is 0 Å². The van der Waals surface area contributed by atoms with Gasteiger partial charge in [0.05, 0.1) is 11.1 Å². The zero-order valence-corrected chi connectivity index (χ0v) is 15.4. The summed E-state index contributed by atoms with van der Waals surface area (Å²) in [4.78, 5) is 59.4. The third-order valence-corrected chi connectivity index (χ3v) is 5.00. The summed E-state index contributed by atoms with van der Waals surface area (Å²) in [6.07, 6.45) is 0.264. The Morgan fingerprint density at radius 3 is 2.04 bits per heavy atom. The Morgan fingerprint density at radius 2 is 1.59 bits per heavy atom. The number of carbonyl (C=O) groups is 5. The van der Waals surface area contributed by atoms with Crippen molar-refractivity contribution in [1.82, 2.24) is 4.90 Å². The monoisotopic (exact) mass is 394 g/mol. The Labute approximate surface area is 158 Å². The van der Waals surface area contributed by atoms with Gasteiger partial charge >= 0.3 is 11.9 Å². The maximum absolute atomic E-state index is 12.6. The number of likely N-dealkylation sites (tertiary alicyclic amines) is 1. The van der Waals surface area contributed by atoms with E-state index in [-0.39, 0.29) is 46.1 Å². The van der Waals surface area contributed by atoms with E-state index in [9.17, 15) is 24.0 Å². The van der Waals surface area contributed by atoms with Gasteiger partial charge in [-0.3, -0.25) is 14.4 Å².